The van der Waals surface area contributed by atoms with Gasteiger partial charge in [-0.15, -0.1) is 23.5 Å². The van der Waals surface area contributed by atoms with Crippen molar-refractivity contribution in [3.63, 3.8) is 0 Å². The van der Waals surface area contributed by atoms with Gasteiger partial charge in [0.2, 0.25) is 5.91 Å². The predicted molar refractivity (Wildman–Crippen MR) is 120 cm³/mol. The maximum atomic E-state index is 13.4. The SMILES string of the molecule is Cc1ccc(SCC(=O)N2c3ccccc3SC[C@@H]2c2ccccc2)cc1C. The Morgan fingerprint density at radius 3 is 2.54 bits per heavy atom. The van der Waals surface area contributed by atoms with Crippen LogP contribution in [0.4, 0.5) is 5.69 Å². The Hall–Kier alpha value is -2.17. The van der Waals surface area contributed by atoms with E-state index in [1.165, 1.54) is 21.6 Å². The minimum Gasteiger partial charge on any atom is -0.302 e. The van der Waals surface area contributed by atoms with Gasteiger partial charge in [-0.1, -0.05) is 48.5 Å². The van der Waals surface area contributed by atoms with Gasteiger partial charge in [0.25, 0.3) is 0 Å². The van der Waals surface area contributed by atoms with E-state index in [9.17, 15) is 4.79 Å². The van der Waals surface area contributed by atoms with Gasteiger partial charge in [0.05, 0.1) is 17.5 Å². The highest BCUT2D eigenvalue weighted by atomic mass is 32.2. The van der Waals surface area contributed by atoms with Crippen LogP contribution in [0.25, 0.3) is 0 Å². The second-order valence-corrected chi connectivity index (χ2v) is 9.11. The first kappa shape index (κ1) is 19.2. The van der Waals surface area contributed by atoms with Crippen molar-refractivity contribution in [1.82, 2.24) is 0 Å². The van der Waals surface area contributed by atoms with Gasteiger partial charge >= 0.3 is 0 Å². The van der Waals surface area contributed by atoms with Crippen LogP contribution in [-0.4, -0.2) is 17.4 Å². The van der Waals surface area contributed by atoms with Crippen LogP contribution >= 0.6 is 23.5 Å². The zero-order valence-corrected chi connectivity index (χ0v) is 17.7. The second kappa shape index (κ2) is 8.46. The third-order valence-electron chi connectivity index (χ3n) is 5.13. The molecule has 3 aromatic rings. The van der Waals surface area contributed by atoms with Crippen LogP contribution in [0, 0.1) is 13.8 Å². The first-order valence-electron chi connectivity index (χ1n) is 9.42. The molecule has 0 saturated carbocycles. The smallest absolute Gasteiger partial charge is 0.237 e. The molecular weight excluding hydrogens is 382 g/mol. The summed E-state index contributed by atoms with van der Waals surface area (Å²) in [5.74, 6) is 1.47. The number of amides is 1. The second-order valence-electron chi connectivity index (χ2n) is 7.00. The molecule has 0 bridgehead atoms. The normalized spacial score (nSPS) is 15.9. The number of hydrogen-bond donors (Lipinski definition) is 0. The highest BCUT2D eigenvalue weighted by Gasteiger charge is 2.32. The molecule has 28 heavy (non-hydrogen) atoms. The van der Waals surface area contributed by atoms with E-state index < -0.39 is 0 Å². The van der Waals surface area contributed by atoms with Crippen LogP contribution < -0.4 is 4.90 Å². The van der Waals surface area contributed by atoms with Gasteiger partial charge in [-0.05, 0) is 54.8 Å². The zero-order valence-electron chi connectivity index (χ0n) is 16.1. The fourth-order valence-corrected chi connectivity index (χ4v) is 5.46. The Morgan fingerprint density at radius 2 is 1.75 bits per heavy atom. The number of hydrogen-bond acceptors (Lipinski definition) is 3. The van der Waals surface area contributed by atoms with Gasteiger partial charge in [0, 0.05) is 15.5 Å². The predicted octanol–water partition coefficient (Wildman–Crippen LogP) is 6.28. The summed E-state index contributed by atoms with van der Waals surface area (Å²) in [6, 6.07) is 25.1. The summed E-state index contributed by atoms with van der Waals surface area (Å²) in [5, 5.41) is 0. The van der Waals surface area contributed by atoms with Crippen molar-refractivity contribution in [2.24, 2.45) is 0 Å². The van der Waals surface area contributed by atoms with Crippen molar-refractivity contribution in [3.8, 4) is 0 Å². The van der Waals surface area contributed by atoms with E-state index in [1.54, 1.807) is 11.8 Å². The van der Waals surface area contributed by atoms with E-state index >= 15 is 0 Å². The summed E-state index contributed by atoms with van der Waals surface area (Å²) < 4.78 is 0. The van der Waals surface area contributed by atoms with Crippen LogP contribution in [-0.2, 0) is 4.79 Å². The molecule has 0 fully saturated rings. The number of carbonyl (C=O) groups excluding carboxylic acids is 1. The van der Waals surface area contributed by atoms with Gasteiger partial charge in [0.1, 0.15) is 0 Å². The molecule has 1 aliphatic heterocycles. The van der Waals surface area contributed by atoms with Crippen molar-refractivity contribution in [2.45, 2.75) is 29.7 Å². The molecule has 1 amide bonds. The fourth-order valence-electron chi connectivity index (χ4n) is 3.44. The highest BCUT2D eigenvalue weighted by Crippen LogP contribution is 2.43. The van der Waals surface area contributed by atoms with Crippen molar-refractivity contribution in [3.05, 3.63) is 89.5 Å². The number of fused-ring (bicyclic) bond motifs is 1. The summed E-state index contributed by atoms with van der Waals surface area (Å²) in [4.78, 5) is 17.7. The Morgan fingerprint density at radius 1 is 1.00 bits per heavy atom. The molecule has 0 N–H and O–H groups in total. The summed E-state index contributed by atoms with van der Waals surface area (Å²) in [7, 11) is 0. The third kappa shape index (κ3) is 3.98. The maximum absolute atomic E-state index is 13.4. The van der Waals surface area contributed by atoms with E-state index in [4.69, 9.17) is 0 Å². The quantitative estimate of drug-likeness (QED) is 0.477. The van der Waals surface area contributed by atoms with Crippen molar-refractivity contribution in [2.75, 3.05) is 16.4 Å². The van der Waals surface area contributed by atoms with E-state index in [-0.39, 0.29) is 11.9 Å². The van der Waals surface area contributed by atoms with Gasteiger partial charge in [0.15, 0.2) is 0 Å². The topological polar surface area (TPSA) is 20.3 Å². The minimum absolute atomic E-state index is 0.0638. The number of benzene rings is 3. The molecule has 0 aromatic heterocycles. The van der Waals surface area contributed by atoms with Gasteiger partial charge in [-0.25, -0.2) is 0 Å². The number of thioether (sulfide) groups is 2. The number of para-hydroxylation sites is 1. The molecule has 0 spiro atoms. The average molecular weight is 406 g/mol. The molecule has 1 atom stereocenters. The molecule has 0 unspecified atom stereocenters. The number of carbonyl (C=O) groups is 1. The molecule has 0 radical (unpaired) electrons. The summed E-state index contributed by atoms with van der Waals surface area (Å²) in [6.07, 6.45) is 0. The highest BCUT2D eigenvalue weighted by molar-refractivity contribution is 8.00. The molecular formula is C24H23NOS2. The van der Waals surface area contributed by atoms with E-state index in [2.05, 4.69) is 56.3 Å². The van der Waals surface area contributed by atoms with Crippen LogP contribution in [0.5, 0.6) is 0 Å². The van der Waals surface area contributed by atoms with Gasteiger partial charge in [-0.2, -0.15) is 0 Å². The molecule has 1 heterocycles. The Kier molecular flexibility index (Phi) is 5.79. The number of aryl methyl sites for hydroxylation is 2. The molecule has 0 saturated heterocycles. The van der Waals surface area contributed by atoms with E-state index in [0.29, 0.717) is 5.75 Å². The van der Waals surface area contributed by atoms with Crippen molar-refractivity contribution in [1.29, 1.82) is 0 Å². The van der Waals surface area contributed by atoms with Gasteiger partial charge in [-0.3, -0.25) is 4.79 Å². The number of anilines is 1. The molecule has 4 rings (SSSR count). The van der Waals surface area contributed by atoms with E-state index in [1.807, 2.05) is 47.0 Å². The van der Waals surface area contributed by atoms with E-state index in [0.717, 1.165) is 16.3 Å². The van der Waals surface area contributed by atoms with Crippen LogP contribution in [0.1, 0.15) is 22.7 Å². The monoisotopic (exact) mass is 405 g/mol. The fraction of sp³-hybridized carbons (Fsp3) is 0.208. The van der Waals surface area contributed by atoms with Crippen molar-refractivity contribution >= 4 is 35.1 Å². The lowest BCUT2D eigenvalue weighted by Gasteiger charge is -2.37. The first-order chi connectivity index (χ1) is 13.6. The standard InChI is InChI=1S/C24H23NOS2/c1-17-12-13-20(14-18(17)2)27-16-24(26)25-21-10-6-7-11-23(21)28-15-22(25)19-8-4-3-5-9-19/h3-14,22H,15-16H2,1-2H3/t22-/m1/s1. The minimum atomic E-state index is 0.0638. The molecule has 142 valence electrons. The summed E-state index contributed by atoms with van der Waals surface area (Å²) in [5.41, 5.74) is 4.76. The van der Waals surface area contributed by atoms with Crippen LogP contribution in [0.15, 0.2) is 82.6 Å². The molecule has 0 aliphatic carbocycles. The molecule has 4 heteroatoms. The third-order valence-corrected chi connectivity index (χ3v) is 7.24. The Bertz CT molecular complexity index is 987. The summed E-state index contributed by atoms with van der Waals surface area (Å²) in [6.45, 7) is 4.23. The Labute approximate surface area is 175 Å². The van der Waals surface area contributed by atoms with Gasteiger partial charge < -0.3 is 4.90 Å². The molecule has 1 aliphatic rings. The first-order valence-corrected chi connectivity index (χ1v) is 11.4. The molecule has 3 aromatic carbocycles. The van der Waals surface area contributed by atoms with Crippen LogP contribution in [0.3, 0.4) is 0 Å². The lowest BCUT2D eigenvalue weighted by molar-refractivity contribution is -0.116. The lowest BCUT2D eigenvalue weighted by atomic mass is 10.1. The zero-order chi connectivity index (χ0) is 19.5. The average Bonchev–Trinajstić information content (AvgIpc) is 2.74. The summed E-state index contributed by atoms with van der Waals surface area (Å²) >= 11 is 3.45. The number of rotatable bonds is 4. The largest absolute Gasteiger partial charge is 0.302 e. The number of nitrogens with zero attached hydrogens (tertiary/aromatic N) is 1. The maximum Gasteiger partial charge on any atom is 0.237 e. The Balaban J connectivity index is 1.61. The lowest BCUT2D eigenvalue weighted by Crippen LogP contribution is -2.39. The van der Waals surface area contributed by atoms with Crippen LogP contribution in [0.2, 0.25) is 0 Å². The molecule has 2 nitrogen and oxygen atoms in total. The van der Waals surface area contributed by atoms with Crippen molar-refractivity contribution < 1.29 is 4.79 Å².